The van der Waals surface area contributed by atoms with Crippen molar-refractivity contribution in [2.24, 2.45) is 0 Å². The van der Waals surface area contributed by atoms with Gasteiger partial charge < -0.3 is 0 Å². The number of nitro groups is 1. The van der Waals surface area contributed by atoms with Crippen molar-refractivity contribution >= 4 is 29.0 Å². The van der Waals surface area contributed by atoms with Crippen LogP contribution in [0.5, 0.6) is 0 Å². The molecule has 3 nitrogen and oxygen atoms in total. The SMILES string of the molecule is CCC=C(C(=S)S)[N+](=O)[O-]. The maximum atomic E-state index is 10.1. The minimum atomic E-state index is -0.529. The summed E-state index contributed by atoms with van der Waals surface area (Å²) in [5.41, 5.74) is -0.0826. The van der Waals surface area contributed by atoms with Gasteiger partial charge in [-0.1, -0.05) is 19.1 Å². The lowest BCUT2D eigenvalue weighted by atomic mass is 10.4. The fourth-order valence-electron chi connectivity index (χ4n) is 0.433. The first-order valence-corrected chi connectivity index (χ1v) is 3.53. The van der Waals surface area contributed by atoms with Crippen LogP contribution in [0.25, 0.3) is 0 Å². The molecular weight excluding hydrogens is 170 g/mol. The summed E-state index contributed by atoms with van der Waals surface area (Å²) in [6.07, 6.45) is 2.03. The molecule has 0 saturated carbocycles. The molecule has 0 fully saturated rings. The molecular formula is C5H7NO2S2. The Hall–Kier alpha value is -0.420. The van der Waals surface area contributed by atoms with Crippen molar-refractivity contribution in [2.45, 2.75) is 13.3 Å². The Morgan fingerprint density at radius 2 is 2.40 bits per heavy atom. The van der Waals surface area contributed by atoms with E-state index < -0.39 is 4.92 Å². The highest BCUT2D eigenvalue weighted by Gasteiger charge is 2.11. The van der Waals surface area contributed by atoms with Crippen LogP contribution in [0.15, 0.2) is 11.8 Å². The number of rotatable bonds is 3. The highest BCUT2D eigenvalue weighted by atomic mass is 32.1. The maximum absolute atomic E-state index is 10.1. The molecule has 0 aromatic carbocycles. The van der Waals surface area contributed by atoms with Gasteiger partial charge in [0.05, 0.1) is 4.92 Å². The summed E-state index contributed by atoms with van der Waals surface area (Å²) in [6.45, 7) is 1.80. The van der Waals surface area contributed by atoms with Crippen LogP contribution in [0.2, 0.25) is 0 Å². The van der Waals surface area contributed by atoms with Gasteiger partial charge in [-0.3, -0.25) is 10.1 Å². The molecule has 56 valence electrons. The van der Waals surface area contributed by atoms with Gasteiger partial charge >= 0.3 is 0 Å². The van der Waals surface area contributed by atoms with E-state index in [1.54, 1.807) is 6.92 Å². The first-order valence-electron chi connectivity index (χ1n) is 2.67. The second kappa shape index (κ2) is 4.40. The Labute approximate surface area is 69.7 Å². The molecule has 10 heavy (non-hydrogen) atoms. The number of allylic oxidation sites excluding steroid dienone is 1. The molecule has 0 radical (unpaired) electrons. The zero-order valence-corrected chi connectivity index (χ0v) is 7.11. The van der Waals surface area contributed by atoms with Crippen LogP contribution in [0.1, 0.15) is 13.3 Å². The molecule has 0 aliphatic rings. The van der Waals surface area contributed by atoms with Crippen LogP contribution in [-0.2, 0) is 0 Å². The van der Waals surface area contributed by atoms with Gasteiger partial charge in [0.2, 0.25) is 0 Å². The number of nitrogens with zero attached hydrogens (tertiary/aromatic N) is 1. The molecule has 0 heterocycles. The maximum Gasteiger partial charge on any atom is 0.289 e. The summed E-state index contributed by atoms with van der Waals surface area (Å²) in [5, 5.41) is 10.1. The minimum absolute atomic E-state index is 0.0341. The predicted molar refractivity (Wildman–Crippen MR) is 47.0 cm³/mol. The van der Waals surface area contributed by atoms with E-state index in [4.69, 9.17) is 0 Å². The monoisotopic (exact) mass is 177 g/mol. The lowest BCUT2D eigenvalue weighted by molar-refractivity contribution is -0.414. The second-order valence-corrected chi connectivity index (χ2v) is 2.72. The van der Waals surface area contributed by atoms with Crippen molar-refractivity contribution in [3.63, 3.8) is 0 Å². The first kappa shape index (κ1) is 9.58. The standard InChI is InChI=1S/C5H7NO2S2/c1-2-3-4(5(9)10)6(7)8/h3H,2H2,1H3,(H,9,10). The van der Waals surface area contributed by atoms with E-state index in [0.29, 0.717) is 6.42 Å². The largest absolute Gasteiger partial charge is 0.289 e. The van der Waals surface area contributed by atoms with Gasteiger partial charge in [0.25, 0.3) is 5.70 Å². The van der Waals surface area contributed by atoms with Crippen molar-refractivity contribution < 1.29 is 4.92 Å². The Kier molecular flexibility index (Phi) is 4.22. The van der Waals surface area contributed by atoms with Crippen LogP contribution >= 0.6 is 24.8 Å². The zero-order chi connectivity index (χ0) is 8.15. The topological polar surface area (TPSA) is 43.1 Å². The van der Waals surface area contributed by atoms with Crippen molar-refractivity contribution in [3.05, 3.63) is 21.9 Å². The predicted octanol–water partition coefficient (Wildman–Crippen LogP) is 1.81. The van der Waals surface area contributed by atoms with E-state index in [0.717, 1.165) is 0 Å². The van der Waals surface area contributed by atoms with Crippen molar-refractivity contribution in [3.8, 4) is 0 Å². The molecule has 5 heteroatoms. The summed E-state index contributed by atoms with van der Waals surface area (Å²) in [4.78, 5) is 9.60. The summed E-state index contributed by atoms with van der Waals surface area (Å²) in [5.74, 6) is 0. The van der Waals surface area contributed by atoms with E-state index in [9.17, 15) is 10.1 Å². The Morgan fingerprint density at radius 1 is 1.90 bits per heavy atom. The molecule has 0 spiro atoms. The number of thiol groups is 1. The summed E-state index contributed by atoms with van der Waals surface area (Å²) in [6, 6.07) is 0. The molecule has 0 aliphatic heterocycles. The quantitative estimate of drug-likeness (QED) is 0.235. The Morgan fingerprint density at radius 3 is 2.50 bits per heavy atom. The number of hydrogen-bond donors (Lipinski definition) is 1. The fourth-order valence-corrected chi connectivity index (χ4v) is 0.764. The second-order valence-electron chi connectivity index (χ2n) is 1.56. The summed E-state index contributed by atoms with van der Waals surface area (Å²) in [7, 11) is 0. The van der Waals surface area contributed by atoms with Crippen LogP contribution in [0, 0.1) is 10.1 Å². The molecule has 0 amide bonds. The third-order valence-electron chi connectivity index (χ3n) is 0.813. The fraction of sp³-hybridized carbons (Fsp3) is 0.400. The molecule has 0 bridgehead atoms. The van der Waals surface area contributed by atoms with Gasteiger partial charge in [-0.15, -0.1) is 12.6 Å². The highest BCUT2D eigenvalue weighted by Crippen LogP contribution is 2.04. The molecule has 0 saturated heterocycles. The van der Waals surface area contributed by atoms with Gasteiger partial charge in [0.15, 0.2) is 0 Å². The molecule has 0 unspecified atom stereocenters. The summed E-state index contributed by atoms with van der Waals surface area (Å²) >= 11 is 8.20. The molecule has 0 rings (SSSR count). The number of hydrogen-bond acceptors (Lipinski definition) is 3. The van der Waals surface area contributed by atoms with Gasteiger partial charge in [-0.25, -0.2) is 0 Å². The molecule has 0 aromatic heterocycles. The van der Waals surface area contributed by atoms with Gasteiger partial charge in [0, 0.05) is 0 Å². The number of thiocarbonyl (C=S) groups is 1. The van der Waals surface area contributed by atoms with Crippen LogP contribution in [-0.4, -0.2) is 9.12 Å². The van der Waals surface area contributed by atoms with Crippen LogP contribution in [0.4, 0.5) is 0 Å². The van der Waals surface area contributed by atoms with E-state index in [1.807, 2.05) is 0 Å². The van der Waals surface area contributed by atoms with Crippen molar-refractivity contribution in [1.82, 2.24) is 0 Å². The first-order chi connectivity index (χ1) is 4.59. The average molecular weight is 177 g/mol. The van der Waals surface area contributed by atoms with Gasteiger partial charge in [-0.05, 0) is 12.5 Å². The Balaban J connectivity index is 4.42. The lowest BCUT2D eigenvalue weighted by Gasteiger charge is -1.91. The van der Waals surface area contributed by atoms with Crippen LogP contribution < -0.4 is 0 Å². The Bertz CT molecular complexity index is 172. The molecule has 0 aromatic rings. The molecule has 0 N–H and O–H groups in total. The molecule has 0 atom stereocenters. The summed E-state index contributed by atoms with van der Waals surface area (Å²) < 4.78 is 0.0341. The van der Waals surface area contributed by atoms with E-state index >= 15 is 0 Å². The average Bonchev–Trinajstić information content (AvgIpc) is 1.81. The van der Waals surface area contributed by atoms with E-state index in [-0.39, 0.29) is 9.89 Å². The van der Waals surface area contributed by atoms with E-state index in [2.05, 4.69) is 24.8 Å². The third kappa shape index (κ3) is 2.93. The normalized spacial score (nSPS) is 11.2. The smallest absolute Gasteiger partial charge is 0.258 e. The zero-order valence-electron chi connectivity index (χ0n) is 5.40. The highest BCUT2D eigenvalue weighted by molar-refractivity contribution is 8.11. The van der Waals surface area contributed by atoms with E-state index in [1.165, 1.54) is 6.08 Å². The van der Waals surface area contributed by atoms with Gasteiger partial charge in [0.1, 0.15) is 4.20 Å². The lowest BCUT2D eigenvalue weighted by Crippen LogP contribution is -2.03. The third-order valence-corrected chi connectivity index (χ3v) is 1.25. The van der Waals surface area contributed by atoms with Crippen molar-refractivity contribution in [2.75, 3.05) is 0 Å². The van der Waals surface area contributed by atoms with Crippen LogP contribution in [0.3, 0.4) is 0 Å². The van der Waals surface area contributed by atoms with Crippen molar-refractivity contribution in [1.29, 1.82) is 0 Å². The molecule has 0 aliphatic carbocycles. The minimum Gasteiger partial charge on any atom is -0.258 e. The van der Waals surface area contributed by atoms with Gasteiger partial charge in [-0.2, -0.15) is 0 Å².